The van der Waals surface area contributed by atoms with Crippen LogP contribution in [0.4, 0.5) is 13.2 Å². The minimum absolute atomic E-state index is 0.0656. The maximum Gasteiger partial charge on any atom is 0.254 e. The van der Waals surface area contributed by atoms with E-state index in [2.05, 4.69) is 5.32 Å². The highest BCUT2D eigenvalue weighted by molar-refractivity contribution is 5.94. The molecule has 0 aliphatic rings. The second kappa shape index (κ2) is 8.24. The smallest absolute Gasteiger partial charge is 0.254 e. The van der Waals surface area contributed by atoms with E-state index < -0.39 is 28.9 Å². The van der Waals surface area contributed by atoms with Gasteiger partial charge in [-0.15, -0.1) is 0 Å². The lowest BCUT2D eigenvalue weighted by molar-refractivity contribution is 0.0941. The highest BCUT2D eigenvalue weighted by Crippen LogP contribution is 2.19. The van der Waals surface area contributed by atoms with E-state index in [0.717, 1.165) is 6.07 Å². The fraction of sp³-hybridized carbons (Fsp3) is 0.235. The van der Waals surface area contributed by atoms with Crippen molar-refractivity contribution in [2.24, 2.45) is 0 Å². The molecule has 0 saturated heterocycles. The van der Waals surface area contributed by atoms with Crippen LogP contribution in [0.25, 0.3) is 0 Å². The number of ether oxygens (including phenoxy) is 2. The Morgan fingerprint density at radius 2 is 1.75 bits per heavy atom. The number of amides is 1. The minimum Gasteiger partial charge on any atom is -0.494 e. The summed E-state index contributed by atoms with van der Waals surface area (Å²) >= 11 is 0. The van der Waals surface area contributed by atoms with E-state index in [0.29, 0.717) is 24.2 Å². The summed E-state index contributed by atoms with van der Waals surface area (Å²) in [6.45, 7) is 2.57. The summed E-state index contributed by atoms with van der Waals surface area (Å²) in [6.07, 6.45) is 0. The van der Waals surface area contributed by atoms with E-state index in [4.69, 9.17) is 9.47 Å². The molecule has 128 valence electrons. The van der Waals surface area contributed by atoms with Crippen molar-refractivity contribution in [2.45, 2.75) is 6.92 Å². The molecule has 0 saturated carbocycles. The van der Waals surface area contributed by atoms with Gasteiger partial charge in [0.25, 0.3) is 5.91 Å². The van der Waals surface area contributed by atoms with Crippen molar-refractivity contribution in [3.05, 3.63) is 59.4 Å². The summed E-state index contributed by atoms with van der Waals surface area (Å²) in [5.41, 5.74) is -0.563. The number of carbonyl (C=O) groups is 1. The highest BCUT2D eigenvalue weighted by atomic mass is 19.2. The van der Waals surface area contributed by atoms with Crippen molar-refractivity contribution in [3.8, 4) is 11.5 Å². The van der Waals surface area contributed by atoms with Gasteiger partial charge in [-0.1, -0.05) is 6.07 Å². The molecule has 0 heterocycles. The summed E-state index contributed by atoms with van der Waals surface area (Å²) in [5, 5.41) is 2.37. The zero-order chi connectivity index (χ0) is 17.5. The molecule has 0 atom stereocenters. The molecule has 0 radical (unpaired) electrons. The lowest BCUT2D eigenvalue weighted by Crippen LogP contribution is -2.29. The van der Waals surface area contributed by atoms with Gasteiger partial charge in [0.2, 0.25) is 0 Å². The first-order valence-electron chi connectivity index (χ1n) is 7.30. The topological polar surface area (TPSA) is 47.6 Å². The van der Waals surface area contributed by atoms with Crippen LogP contribution in [0.5, 0.6) is 11.5 Å². The summed E-state index contributed by atoms with van der Waals surface area (Å²) < 4.78 is 50.2. The number of carbonyl (C=O) groups excluding carboxylic acids is 1. The molecule has 0 aliphatic carbocycles. The SMILES string of the molecule is CCOc1cccc(OCCNC(=O)c2ccc(F)c(F)c2F)c1. The van der Waals surface area contributed by atoms with Gasteiger partial charge in [-0.25, -0.2) is 13.2 Å². The Morgan fingerprint density at radius 3 is 2.46 bits per heavy atom. The van der Waals surface area contributed by atoms with E-state index in [1.165, 1.54) is 0 Å². The van der Waals surface area contributed by atoms with Crippen LogP contribution < -0.4 is 14.8 Å². The van der Waals surface area contributed by atoms with Crippen molar-refractivity contribution in [3.63, 3.8) is 0 Å². The quantitative estimate of drug-likeness (QED) is 0.622. The van der Waals surface area contributed by atoms with Gasteiger partial charge in [0.05, 0.1) is 18.7 Å². The summed E-state index contributed by atoms with van der Waals surface area (Å²) in [7, 11) is 0. The first-order chi connectivity index (χ1) is 11.5. The zero-order valence-corrected chi connectivity index (χ0v) is 12.9. The molecule has 0 unspecified atom stereocenters. The molecular weight excluding hydrogens is 323 g/mol. The third-order valence-electron chi connectivity index (χ3n) is 3.05. The number of halogens is 3. The largest absolute Gasteiger partial charge is 0.494 e. The monoisotopic (exact) mass is 339 g/mol. The molecule has 24 heavy (non-hydrogen) atoms. The average molecular weight is 339 g/mol. The van der Waals surface area contributed by atoms with Crippen LogP contribution in [0.2, 0.25) is 0 Å². The van der Waals surface area contributed by atoms with Crippen molar-refractivity contribution >= 4 is 5.91 Å². The molecule has 2 aromatic carbocycles. The first kappa shape index (κ1) is 17.7. The Kier molecular flexibility index (Phi) is 6.06. The van der Waals surface area contributed by atoms with Crippen LogP contribution in [-0.4, -0.2) is 25.7 Å². The zero-order valence-electron chi connectivity index (χ0n) is 12.9. The number of hydrogen-bond donors (Lipinski definition) is 1. The second-order valence-electron chi connectivity index (χ2n) is 4.74. The van der Waals surface area contributed by atoms with Crippen LogP contribution in [0.1, 0.15) is 17.3 Å². The number of benzene rings is 2. The van der Waals surface area contributed by atoms with Crippen LogP contribution in [-0.2, 0) is 0 Å². The second-order valence-corrected chi connectivity index (χ2v) is 4.74. The maximum absolute atomic E-state index is 13.5. The van der Waals surface area contributed by atoms with E-state index in [1.54, 1.807) is 24.3 Å². The van der Waals surface area contributed by atoms with Gasteiger partial charge < -0.3 is 14.8 Å². The summed E-state index contributed by atoms with van der Waals surface area (Å²) in [5.74, 6) is -4.18. The Balaban J connectivity index is 1.85. The number of hydrogen-bond acceptors (Lipinski definition) is 3. The molecule has 4 nitrogen and oxygen atoms in total. The van der Waals surface area contributed by atoms with E-state index in [1.807, 2.05) is 6.92 Å². The average Bonchev–Trinajstić information content (AvgIpc) is 2.57. The van der Waals surface area contributed by atoms with Gasteiger partial charge in [-0.05, 0) is 31.2 Å². The van der Waals surface area contributed by atoms with Crippen molar-refractivity contribution in [1.29, 1.82) is 0 Å². The molecule has 2 rings (SSSR count). The van der Waals surface area contributed by atoms with Crippen molar-refractivity contribution in [2.75, 3.05) is 19.8 Å². The van der Waals surface area contributed by atoms with E-state index in [9.17, 15) is 18.0 Å². The van der Waals surface area contributed by atoms with Gasteiger partial charge >= 0.3 is 0 Å². The standard InChI is InChI=1S/C17H16F3NO3/c1-2-23-11-4-3-5-12(10-11)24-9-8-21-17(22)13-6-7-14(18)16(20)15(13)19/h3-7,10H,2,8-9H2,1H3,(H,21,22). The van der Waals surface area contributed by atoms with Gasteiger partial charge in [0, 0.05) is 6.07 Å². The molecule has 2 aromatic rings. The van der Waals surface area contributed by atoms with E-state index >= 15 is 0 Å². The minimum atomic E-state index is -1.67. The van der Waals surface area contributed by atoms with Gasteiger partial charge in [0.15, 0.2) is 17.5 Å². The van der Waals surface area contributed by atoms with Crippen LogP contribution in [0.15, 0.2) is 36.4 Å². The van der Waals surface area contributed by atoms with E-state index in [-0.39, 0.29) is 13.2 Å². The highest BCUT2D eigenvalue weighted by Gasteiger charge is 2.18. The Bertz CT molecular complexity index is 722. The fourth-order valence-corrected chi connectivity index (χ4v) is 1.95. The summed E-state index contributed by atoms with van der Waals surface area (Å²) in [6, 6.07) is 8.54. The molecule has 0 bridgehead atoms. The number of rotatable bonds is 7. The molecule has 7 heteroatoms. The predicted octanol–water partition coefficient (Wildman–Crippen LogP) is 3.31. The normalized spacial score (nSPS) is 10.3. The van der Waals surface area contributed by atoms with Gasteiger partial charge in [-0.3, -0.25) is 4.79 Å². The maximum atomic E-state index is 13.5. The molecule has 1 amide bonds. The van der Waals surface area contributed by atoms with Crippen molar-refractivity contribution in [1.82, 2.24) is 5.32 Å². The Hall–Kier alpha value is -2.70. The molecule has 0 fully saturated rings. The van der Waals surface area contributed by atoms with Crippen LogP contribution in [0.3, 0.4) is 0 Å². The molecule has 1 N–H and O–H groups in total. The molecule has 0 aromatic heterocycles. The van der Waals surface area contributed by atoms with Crippen LogP contribution >= 0.6 is 0 Å². The molecular formula is C17H16F3NO3. The first-order valence-corrected chi connectivity index (χ1v) is 7.30. The molecule has 0 spiro atoms. The fourth-order valence-electron chi connectivity index (χ4n) is 1.95. The lowest BCUT2D eigenvalue weighted by Gasteiger charge is -2.10. The third-order valence-corrected chi connectivity index (χ3v) is 3.05. The lowest BCUT2D eigenvalue weighted by atomic mass is 10.2. The van der Waals surface area contributed by atoms with Gasteiger partial charge in [0.1, 0.15) is 18.1 Å². The Morgan fingerprint density at radius 1 is 1.04 bits per heavy atom. The van der Waals surface area contributed by atoms with Crippen LogP contribution in [0, 0.1) is 17.5 Å². The predicted molar refractivity (Wildman–Crippen MR) is 81.8 cm³/mol. The summed E-state index contributed by atoms with van der Waals surface area (Å²) in [4.78, 5) is 11.8. The van der Waals surface area contributed by atoms with Crippen molar-refractivity contribution < 1.29 is 27.4 Å². The number of nitrogens with one attached hydrogen (secondary N) is 1. The van der Waals surface area contributed by atoms with Gasteiger partial charge in [-0.2, -0.15) is 0 Å². The molecule has 0 aliphatic heterocycles. The Labute approximate surface area is 137 Å². The third kappa shape index (κ3) is 4.41.